The van der Waals surface area contributed by atoms with Gasteiger partial charge in [-0.3, -0.25) is 4.79 Å². The number of carbonyl (C=O) groups excluding carboxylic acids is 3. The molecule has 52 heavy (non-hydrogen) atoms. The summed E-state index contributed by atoms with van der Waals surface area (Å²) in [6.07, 6.45) is 6.35. The van der Waals surface area contributed by atoms with Crippen LogP contribution in [0.25, 0.3) is 0 Å². The van der Waals surface area contributed by atoms with Gasteiger partial charge in [-0.2, -0.15) is 0 Å². The Kier molecular flexibility index (Phi) is 21.8. The Morgan fingerprint density at radius 1 is 0.865 bits per heavy atom. The van der Waals surface area contributed by atoms with Gasteiger partial charge >= 0.3 is 11.9 Å². The minimum absolute atomic E-state index is 0.0400. The first-order valence-electron chi connectivity index (χ1n) is 18.9. The van der Waals surface area contributed by atoms with Gasteiger partial charge in [-0.15, -0.1) is 0 Å². The largest absolute Gasteiger partial charge is 0.494 e. The van der Waals surface area contributed by atoms with Gasteiger partial charge in [0.15, 0.2) is 5.60 Å². The van der Waals surface area contributed by atoms with Gasteiger partial charge in [-0.1, -0.05) is 83.1 Å². The number of nitrogens with one attached hydrogen (secondary N) is 1. The first-order chi connectivity index (χ1) is 24.5. The first-order valence-corrected chi connectivity index (χ1v) is 18.9. The van der Waals surface area contributed by atoms with Gasteiger partial charge in [0.2, 0.25) is 18.3 Å². The maximum absolute atomic E-state index is 14.3. The highest BCUT2D eigenvalue weighted by molar-refractivity contribution is 5.93. The molecule has 0 radical (unpaired) electrons. The summed E-state index contributed by atoms with van der Waals surface area (Å²) in [5.41, 5.74) is -3.53. The summed E-state index contributed by atoms with van der Waals surface area (Å²) < 4.78 is 72.2. The molecule has 12 heteroatoms. The highest BCUT2D eigenvalue weighted by Gasteiger charge is 2.51. The smallest absolute Gasteiger partial charge is 0.340 e. The molecule has 0 aliphatic carbocycles. The monoisotopic (exact) mass is 745 g/mol. The van der Waals surface area contributed by atoms with Crippen LogP contribution in [0.1, 0.15) is 136 Å². The molecule has 298 valence electrons. The lowest BCUT2D eigenvalue weighted by Gasteiger charge is -2.34. The van der Waals surface area contributed by atoms with E-state index in [1.54, 1.807) is 24.3 Å². The Labute approximate surface area is 308 Å². The van der Waals surface area contributed by atoms with Gasteiger partial charge in [0.1, 0.15) is 17.4 Å². The molecule has 0 fully saturated rings. The van der Waals surface area contributed by atoms with Gasteiger partial charge in [0, 0.05) is 25.7 Å². The average Bonchev–Trinajstić information content (AvgIpc) is 3.06. The van der Waals surface area contributed by atoms with Crippen molar-refractivity contribution in [3.05, 3.63) is 42.0 Å². The number of aliphatic hydroxyl groups is 1. The van der Waals surface area contributed by atoms with Crippen molar-refractivity contribution in [2.24, 2.45) is 5.92 Å². The molecule has 0 spiro atoms. The highest BCUT2D eigenvalue weighted by Crippen LogP contribution is 2.32. The number of alkyl halides is 4. The zero-order valence-corrected chi connectivity index (χ0v) is 32.1. The molecule has 8 nitrogen and oxygen atoms in total. The van der Waals surface area contributed by atoms with Crippen LogP contribution >= 0.6 is 0 Å². The number of methoxy groups -OCH3 is 1. The van der Waals surface area contributed by atoms with Crippen molar-refractivity contribution >= 4 is 17.8 Å². The third-order valence-corrected chi connectivity index (χ3v) is 8.58. The quantitative estimate of drug-likeness (QED) is 0.0400. The normalized spacial score (nSPS) is 14.5. The second-order valence-electron chi connectivity index (χ2n) is 14.5. The molecule has 0 aromatic heterocycles. The van der Waals surface area contributed by atoms with E-state index in [1.165, 1.54) is 32.9 Å². The summed E-state index contributed by atoms with van der Waals surface area (Å²) in [7, 11) is 1.13. The summed E-state index contributed by atoms with van der Waals surface area (Å²) in [5.74, 6) is -7.23. The van der Waals surface area contributed by atoms with E-state index in [4.69, 9.17) is 14.2 Å². The molecule has 2 N–H and O–H groups in total. The van der Waals surface area contributed by atoms with Crippen molar-refractivity contribution in [3.8, 4) is 5.75 Å². The molecule has 1 aromatic carbocycles. The van der Waals surface area contributed by atoms with Crippen LogP contribution in [0, 0.1) is 5.92 Å². The Morgan fingerprint density at radius 3 is 1.98 bits per heavy atom. The lowest BCUT2D eigenvalue weighted by molar-refractivity contribution is -0.188. The molecule has 1 amide bonds. The predicted molar refractivity (Wildman–Crippen MR) is 195 cm³/mol. The number of halogens is 4. The fraction of sp³-hybridized carbons (Fsp3) is 0.725. The van der Waals surface area contributed by atoms with E-state index in [9.17, 15) is 37.1 Å². The minimum atomic E-state index is -3.19. The van der Waals surface area contributed by atoms with Crippen LogP contribution in [0.5, 0.6) is 5.75 Å². The Balaban J connectivity index is 3.10. The van der Waals surface area contributed by atoms with Crippen molar-refractivity contribution < 1.29 is 51.3 Å². The van der Waals surface area contributed by atoms with Crippen molar-refractivity contribution in [2.75, 3.05) is 13.7 Å². The fourth-order valence-corrected chi connectivity index (χ4v) is 5.64. The second-order valence-corrected chi connectivity index (χ2v) is 14.5. The Bertz CT molecular complexity index is 1200. The molecular weight excluding hydrogens is 682 g/mol. The molecule has 0 bridgehead atoms. The van der Waals surface area contributed by atoms with Crippen molar-refractivity contribution in [3.63, 3.8) is 0 Å². The minimum Gasteiger partial charge on any atom is -0.494 e. The van der Waals surface area contributed by atoms with Crippen molar-refractivity contribution in [1.82, 2.24) is 5.32 Å². The van der Waals surface area contributed by atoms with Crippen LogP contribution in [-0.2, 0) is 30.3 Å². The van der Waals surface area contributed by atoms with Crippen LogP contribution in [-0.4, -0.2) is 66.3 Å². The molecule has 0 saturated carbocycles. The maximum Gasteiger partial charge on any atom is 0.340 e. The third-order valence-electron chi connectivity index (χ3n) is 8.58. The van der Waals surface area contributed by atoms with E-state index in [0.29, 0.717) is 56.4 Å². The van der Waals surface area contributed by atoms with Crippen LogP contribution < -0.4 is 10.1 Å². The first kappa shape index (κ1) is 46.9. The van der Waals surface area contributed by atoms with E-state index in [1.807, 2.05) is 6.92 Å². The lowest BCUT2D eigenvalue weighted by Crippen LogP contribution is -2.56. The zero-order chi connectivity index (χ0) is 39.2. The van der Waals surface area contributed by atoms with Crippen LogP contribution in [0.4, 0.5) is 17.6 Å². The van der Waals surface area contributed by atoms with Gasteiger partial charge in [0.05, 0.1) is 19.6 Å². The Hall–Kier alpha value is -3.15. The predicted octanol–water partition coefficient (Wildman–Crippen LogP) is 9.30. The van der Waals surface area contributed by atoms with Gasteiger partial charge in [-0.05, 0) is 70.6 Å². The van der Waals surface area contributed by atoms with E-state index in [2.05, 4.69) is 12.2 Å². The summed E-state index contributed by atoms with van der Waals surface area (Å²) in [6.45, 7) is 9.15. The van der Waals surface area contributed by atoms with Gasteiger partial charge < -0.3 is 24.6 Å². The number of amides is 1. The average molecular weight is 746 g/mol. The lowest BCUT2D eigenvalue weighted by atomic mass is 9.82. The molecule has 0 aliphatic rings. The number of carbonyl (C=O) groups is 3. The molecular formula is C40H63F4NO7. The van der Waals surface area contributed by atoms with Crippen LogP contribution in [0.2, 0.25) is 0 Å². The number of unbranched alkanes of at least 4 members (excludes halogenated alkanes) is 9. The summed E-state index contributed by atoms with van der Waals surface area (Å²) >= 11 is 0. The van der Waals surface area contributed by atoms with E-state index >= 15 is 0 Å². The number of hydrogen-bond donors (Lipinski definition) is 2. The molecule has 0 saturated heterocycles. The summed E-state index contributed by atoms with van der Waals surface area (Å²) in [6, 6.07) is 5.58. The third kappa shape index (κ3) is 19.1. The summed E-state index contributed by atoms with van der Waals surface area (Å²) in [4.78, 5) is 39.9. The molecule has 0 heterocycles. The number of rotatable bonds is 27. The number of hydrogen-bond acceptors (Lipinski definition) is 7. The number of benzene rings is 1. The van der Waals surface area contributed by atoms with E-state index in [-0.39, 0.29) is 19.3 Å². The second kappa shape index (κ2) is 24.2. The highest BCUT2D eigenvalue weighted by atomic mass is 19.3. The van der Waals surface area contributed by atoms with Gasteiger partial charge in [0.25, 0.3) is 0 Å². The van der Waals surface area contributed by atoms with E-state index < -0.39 is 59.8 Å². The van der Waals surface area contributed by atoms with E-state index in [0.717, 1.165) is 45.6 Å². The SMILES string of the molecule is CCCCCCCC(F)(F)CCCCCCC=C[C@H](C(=O)N[C@@H](Cc1ccc(OCCCC)cc1)C(=O)OC)[C@@](O)(CC(F)F)C(=O)OC(C)(C)C. The van der Waals surface area contributed by atoms with Gasteiger partial charge in [-0.25, -0.2) is 27.2 Å². The Morgan fingerprint density at radius 2 is 1.44 bits per heavy atom. The zero-order valence-electron chi connectivity index (χ0n) is 32.1. The molecule has 1 aromatic rings. The molecule has 0 unspecified atom stereocenters. The number of ether oxygens (including phenoxy) is 3. The maximum atomic E-state index is 14.3. The van der Waals surface area contributed by atoms with Crippen LogP contribution in [0.15, 0.2) is 36.4 Å². The number of esters is 2. The van der Waals surface area contributed by atoms with Crippen molar-refractivity contribution in [2.45, 2.75) is 167 Å². The topological polar surface area (TPSA) is 111 Å². The summed E-state index contributed by atoms with van der Waals surface area (Å²) in [5, 5.41) is 14.0. The molecule has 0 aliphatic heterocycles. The fourth-order valence-electron chi connectivity index (χ4n) is 5.64. The van der Waals surface area contributed by atoms with Crippen LogP contribution in [0.3, 0.4) is 0 Å². The molecule has 3 atom stereocenters. The number of allylic oxidation sites excluding steroid dienone is 1. The molecule has 1 rings (SSSR count). The standard InChI is InChI=1S/C40H63F4NO7/c1-7-9-11-15-18-25-39(43,44)26-19-16-13-12-14-17-20-32(40(49,29-34(41)42)37(48)52-38(3,4)5)35(46)45-33(36(47)50-6)28-30-21-23-31(24-22-30)51-27-10-8-2/h17,20-24,32-34,49H,7-16,18-19,25-29H2,1-6H3,(H,45,46)/t32-,33+,40+/m1/s1. The van der Waals surface area contributed by atoms with Crippen molar-refractivity contribution in [1.29, 1.82) is 0 Å².